The Balaban J connectivity index is 1.11. The van der Waals surface area contributed by atoms with E-state index in [9.17, 15) is 0 Å². The van der Waals surface area contributed by atoms with E-state index >= 15 is 0 Å². The molecule has 0 fully saturated rings. The first-order chi connectivity index (χ1) is 31.0. The van der Waals surface area contributed by atoms with Crippen molar-refractivity contribution in [2.45, 2.75) is 52.0 Å². The SMILES string of the molecule is CCC1=CC(N(c2ccccc2)c2cccc3c2oc2ccccc23)C2C=C3c4c(cc(N(c5ccccc5)c5cccc6c5oc5ccccc56)c5ccc1c2c45)CCC3(C)C. The highest BCUT2D eigenvalue weighted by Gasteiger charge is 2.43. The Labute approximate surface area is 367 Å². The average Bonchev–Trinajstić information content (AvgIpc) is 3.91. The largest absolute Gasteiger partial charge is 0.454 e. The number of para-hydroxylation sites is 6. The lowest BCUT2D eigenvalue weighted by molar-refractivity contribution is 0.441. The van der Waals surface area contributed by atoms with Crippen molar-refractivity contribution in [3.63, 3.8) is 0 Å². The summed E-state index contributed by atoms with van der Waals surface area (Å²) in [6, 6.07) is 59.3. The molecule has 2 atom stereocenters. The molecule has 4 heteroatoms. The first-order valence-corrected chi connectivity index (χ1v) is 22.5. The van der Waals surface area contributed by atoms with E-state index in [1.165, 1.54) is 49.9 Å². The minimum Gasteiger partial charge on any atom is -0.454 e. The van der Waals surface area contributed by atoms with Gasteiger partial charge in [0.25, 0.3) is 0 Å². The maximum Gasteiger partial charge on any atom is 0.159 e. The Morgan fingerprint density at radius 1 is 0.571 bits per heavy atom. The lowest BCUT2D eigenvalue weighted by Gasteiger charge is -2.46. The van der Waals surface area contributed by atoms with Crippen molar-refractivity contribution >= 4 is 94.2 Å². The monoisotopic (exact) mass is 814 g/mol. The quantitative estimate of drug-likeness (QED) is 0.160. The third-order valence-corrected chi connectivity index (χ3v) is 14.4. The van der Waals surface area contributed by atoms with Crippen LogP contribution in [-0.2, 0) is 6.42 Å². The molecule has 63 heavy (non-hydrogen) atoms. The molecule has 0 saturated heterocycles. The van der Waals surface area contributed by atoms with Crippen LogP contribution < -0.4 is 9.80 Å². The molecule has 2 aromatic heterocycles. The second-order valence-electron chi connectivity index (χ2n) is 18.3. The number of fused-ring (bicyclic) bond motifs is 6. The van der Waals surface area contributed by atoms with Gasteiger partial charge in [0.15, 0.2) is 11.2 Å². The summed E-state index contributed by atoms with van der Waals surface area (Å²) in [6.07, 6.45) is 8.26. The molecule has 13 rings (SSSR count). The third-order valence-electron chi connectivity index (χ3n) is 14.4. The third kappa shape index (κ3) is 5.28. The van der Waals surface area contributed by atoms with Gasteiger partial charge in [0, 0.05) is 44.2 Å². The predicted octanol–water partition coefficient (Wildman–Crippen LogP) is 16.6. The molecule has 0 radical (unpaired) electrons. The van der Waals surface area contributed by atoms with Gasteiger partial charge in [-0.1, -0.05) is 142 Å². The molecule has 4 nitrogen and oxygen atoms in total. The zero-order chi connectivity index (χ0) is 42.0. The number of hydrogen-bond donors (Lipinski definition) is 0. The molecule has 10 aromatic rings. The number of anilines is 5. The highest BCUT2D eigenvalue weighted by Crippen LogP contribution is 2.59. The van der Waals surface area contributed by atoms with E-state index in [1.807, 2.05) is 0 Å². The number of aryl methyl sites for hydroxylation is 1. The highest BCUT2D eigenvalue weighted by molar-refractivity contribution is 6.15. The predicted molar refractivity (Wildman–Crippen MR) is 263 cm³/mol. The molecule has 3 aliphatic rings. The number of allylic oxidation sites excluding steroid dienone is 2. The van der Waals surface area contributed by atoms with Gasteiger partial charge in [0.05, 0.1) is 23.1 Å². The van der Waals surface area contributed by atoms with Crippen molar-refractivity contribution in [3.05, 3.63) is 198 Å². The standard InChI is InChI=1S/C59H46N2O2/c1-4-36-33-51(61(39-19-9-6-10-20-39)49-26-16-24-44-42-22-12-14-28-53(42)63-58(44)49)46-35-47-54-37(31-32-59(47,2)3)34-50(45-30-29-40(36)55(46)56(45)54)60(38-17-7-5-8-18-38)48-25-15-23-43-41-21-11-13-27-52(41)62-57(43)48/h5-30,33-35,46,51H,4,31-32H2,1-3H3. The molecule has 2 heterocycles. The molecular formula is C59H46N2O2. The maximum atomic E-state index is 6.84. The first-order valence-electron chi connectivity index (χ1n) is 22.5. The second kappa shape index (κ2) is 13.6. The smallest absolute Gasteiger partial charge is 0.159 e. The van der Waals surface area contributed by atoms with Crippen LogP contribution in [0.3, 0.4) is 0 Å². The fourth-order valence-corrected chi connectivity index (χ4v) is 11.5. The van der Waals surface area contributed by atoms with Gasteiger partial charge in [-0.3, -0.25) is 0 Å². The summed E-state index contributed by atoms with van der Waals surface area (Å²) in [7, 11) is 0. The Bertz CT molecular complexity index is 3550. The molecule has 304 valence electrons. The maximum absolute atomic E-state index is 6.84. The van der Waals surface area contributed by atoms with Crippen molar-refractivity contribution in [2.24, 2.45) is 5.41 Å². The van der Waals surface area contributed by atoms with Crippen LogP contribution in [0.15, 0.2) is 185 Å². The second-order valence-corrected chi connectivity index (χ2v) is 18.3. The minimum absolute atomic E-state index is 0.0102. The minimum atomic E-state index is -0.0285. The van der Waals surface area contributed by atoms with Crippen molar-refractivity contribution in [1.29, 1.82) is 0 Å². The van der Waals surface area contributed by atoms with Gasteiger partial charge in [-0.05, 0) is 118 Å². The molecule has 2 unspecified atom stereocenters. The number of rotatable bonds is 7. The molecule has 0 bridgehead atoms. The van der Waals surface area contributed by atoms with E-state index in [0.29, 0.717) is 0 Å². The topological polar surface area (TPSA) is 32.8 Å². The molecule has 0 N–H and O–H groups in total. The number of hydrogen-bond acceptors (Lipinski definition) is 4. The molecule has 0 spiro atoms. The Hall–Kier alpha value is -7.30. The van der Waals surface area contributed by atoms with Crippen LogP contribution in [0.1, 0.15) is 61.8 Å². The summed E-state index contributed by atoms with van der Waals surface area (Å²) in [5.41, 5.74) is 17.7. The van der Waals surface area contributed by atoms with E-state index in [4.69, 9.17) is 8.83 Å². The van der Waals surface area contributed by atoms with Crippen molar-refractivity contribution in [2.75, 3.05) is 9.80 Å². The van der Waals surface area contributed by atoms with E-state index in [1.54, 1.807) is 0 Å². The van der Waals surface area contributed by atoms with Crippen molar-refractivity contribution in [1.82, 2.24) is 0 Å². The zero-order valence-electron chi connectivity index (χ0n) is 35.7. The lowest BCUT2D eigenvalue weighted by Crippen LogP contribution is -2.39. The highest BCUT2D eigenvalue weighted by atomic mass is 16.3. The molecule has 0 amide bonds. The number of furan rings is 2. The summed E-state index contributed by atoms with van der Waals surface area (Å²) >= 11 is 0. The molecule has 0 saturated carbocycles. The van der Waals surface area contributed by atoms with Crippen LogP contribution in [0.25, 0.3) is 65.8 Å². The van der Waals surface area contributed by atoms with E-state index in [0.717, 1.165) is 85.9 Å². The van der Waals surface area contributed by atoms with Gasteiger partial charge in [-0.2, -0.15) is 0 Å². The van der Waals surface area contributed by atoms with Crippen LogP contribution in [0.5, 0.6) is 0 Å². The Morgan fingerprint density at radius 2 is 1.17 bits per heavy atom. The zero-order valence-corrected chi connectivity index (χ0v) is 35.7. The van der Waals surface area contributed by atoms with Crippen molar-refractivity contribution in [3.8, 4) is 0 Å². The normalized spacial score (nSPS) is 17.4. The lowest BCUT2D eigenvalue weighted by atomic mass is 9.62. The van der Waals surface area contributed by atoms with Gasteiger partial charge in [-0.25, -0.2) is 0 Å². The fraction of sp³-hybridized carbons (Fsp3) is 0.153. The fourth-order valence-electron chi connectivity index (χ4n) is 11.5. The van der Waals surface area contributed by atoms with Gasteiger partial charge in [0.2, 0.25) is 0 Å². The summed E-state index contributed by atoms with van der Waals surface area (Å²) in [4.78, 5) is 5.04. The van der Waals surface area contributed by atoms with E-state index in [-0.39, 0.29) is 17.4 Å². The average molecular weight is 815 g/mol. The van der Waals surface area contributed by atoms with Gasteiger partial charge >= 0.3 is 0 Å². The Kier molecular flexibility index (Phi) is 7.85. The van der Waals surface area contributed by atoms with Gasteiger partial charge < -0.3 is 18.6 Å². The molecule has 8 aromatic carbocycles. The number of nitrogens with zero attached hydrogens (tertiary/aromatic N) is 2. The van der Waals surface area contributed by atoms with E-state index < -0.39 is 0 Å². The first kappa shape index (κ1) is 36.4. The summed E-state index contributed by atoms with van der Waals surface area (Å²) in [5.74, 6) is 0.0609. The van der Waals surface area contributed by atoms with Crippen LogP contribution >= 0.6 is 0 Å². The molecule has 0 aliphatic heterocycles. The molecular weight excluding hydrogens is 769 g/mol. The summed E-state index contributed by atoms with van der Waals surface area (Å²) in [6.45, 7) is 7.24. The molecule has 3 aliphatic carbocycles. The number of benzene rings is 8. The van der Waals surface area contributed by atoms with Crippen LogP contribution in [0.4, 0.5) is 28.4 Å². The van der Waals surface area contributed by atoms with Gasteiger partial charge in [-0.15, -0.1) is 0 Å². The van der Waals surface area contributed by atoms with Crippen LogP contribution in [0, 0.1) is 5.41 Å². The summed E-state index contributed by atoms with van der Waals surface area (Å²) in [5, 5.41) is 7.19. The van der Waals surface area contributed by atoms with E-state index in [2.05, 4.69) is 207 Å². The van der Waals surface area contributed by atoms with Gasteiger partial charge in [0.1, 0.15) is 11.2 Å². The Morgan fingerprint density at radius 3 is 1.86 bits per heavy atom. The van der Waals surface area contributed by atoms with Crippen LogP contribution in [-0.4, -0.2) is 6.04 Å². The van der Waals surface area contributed by atoms with Crippen molar-refractivity contribution < 1.29 is 8.83 Å². The summed E-state index contributed by atoms with van der Waals surface area (Å²) < 4.78 is 13.6. The van der Waals surface area contributed by atoms with Crippen LogP contribution in [0.2, 0.25) is 0 Å².